The molecule has 168 valence electrons. The summed E-state index contributed by atoms with van der Waals surface area (Å²) in [7, 11) is 2.12. The van der Waals surface area contributed by atoms with E-state index in [2.05, 4.69) is 92.4 Å². The van der Waals surface area contributed by atoms with Gasteiger partial charge in [-0.1, -0.05) is 64.1 Å². The molecule has 0 radical (unpaired) electrons. The Morgan fingerprint density at radius 2 is 1.48 bits per heavy atom. The molecular formula is C25H36N2O3Si. The minimum Gasteiger partial charge on any atom is -0.373 e. The maximum Gasteiger partial charge on any atom is 0.536 e. The summed E-state index contributed by atoms with van der Waals surface area (Å²) < 4.78 is 16.7. The van der Waals surface area contributed by atoms with Gasteiger partial charge in [0.15, 0.2) is 0 Å². The van der Waals surface area contributed by atoms with Gasteiger partial charge in [0.2, 0.25) is 0 Å². The largest absolute Gasteiger partial charge is 0.536 e. The van der Waals surface area contributed by atoms with Crippen LogP contribution in [-0.2, 0) is 19.8 Å². The molecule has 0 spiro atoms. The van der Waals surface area contributed by atoms with Crippen molar-refractivity contribution in [1.29, 1.82) is 0 Å². The molecule has 0 saturated carbocycles. The zero-order chi connectivity index (χ0) is 22.6. The summed E-state index contributed by atoms with van der Waals surface area (Å²) in [6.45, 7) is 10.7. The number of benzene rings is 2. The summed E-state index contributed by atoms with van der Waals surface area (Å²) in [6.07, 6.45) is 4.36. The Balaban J connectivity index is 1.71. The van der Waals surface area contributed by atoms with Crippen LogP contribution in [0.15, 0.2) is 54.9 Å². The zero-order valence-corrected chi connectivity index (χ0v) is 20.9. The lowest BCUT2D eigenvalue weighted by molar-refractivity contribution is 0.140. The lowest BCUT2D eigenvalue weighted by atomic mass is 9.94. The number of rotatable bonds is 9. The lowest BCUT2D eigenvalue weighted by Crippen LogP contribution is -2.54. The highest BCUT2D eigenvalue weighted by Gasteiger charge is 2.40. The van der Waals surface area contributed by atoms with Crippen molar-refractivity contribution in [2.24, 2.45) is 0 Å². The third kappa shape index (κ3) is 5.04. The van der Waals surface area contributed by atoms with Gasteiger partial charge in [-0.15, -0.1) is 0 Å². The zero-order valence-electron chi connectivity index (χ0n) is 19.9. The number of anilines is 1. The molecule has 6 heteroatoms. The Kier molecular flexibility index (Phi) is 7.59. The second-order valence-electron chi connectivity index (χ2n) is 8.65. The highest BCUT2D eigenvalue weighted by molar-refractivity contribution is 6.75. The normalized spacial score (nSPS) is 14.4. The average Bonchev–Trinajstić information content (AvgIpc) is 3.24. The maximum absolute atomic E-state index is 5.58. The Hall–Kier alpha value is -2.12. The van der Waals surface area contributed by atoms with E-state index in [1.54, 1.807) is 21.3 Å². The van der Waals surface area contributed by atoms with Crippen LogP contribution in [0.1, 0.15) is 56.2 Å². The first-order valence-corrected chi connectivity index (χ1v) is 12.6. The Morgan fingerprint density at radius 3 is 2.03 bits per heavy atom. The van der Waals surface area contributed by atoms with Gasteiger partial charge in [0.05, 0.1) is 6.67 Å². The molecule has 3 rings (SSSR count). The fourth-order valence-corrected chi connectivity index (χ4v) is 5.81. The van der Waals surface area contributed by atoms with Gasteiger partial charge in [-0.25, -0.2) is 0 Å². The van der Waals surface area contributed by atoms with Crippen LogP contribution in [0.2, 0.25) is 0 Å². The first-order chi connectivity index (χ1) is 14.8. The quantitative estimate of drug-likeness (QED) is 0.525. The van der Waals surface area contributed by atoms with Gasteiger partial charge in [0.25, 0.3) is 0 Å². The molecule has 2 aromatic carbocycles. The van der Waals surface area contributed by atoms with E-state index in [-0.39, 0.29) is 0 Å². The van der Waals surface area contributed by atoms with Crippen LogP contribution in [0.3, 0.4) is 0 Å². The molecule has 31 heavy (non-hydrogen) atoms. The van der Waals surface area contributed by atoms with Crippen LogP contribution < -0.4 is 10.1 Å². The maximum atomic E-state index is 5.58. The molecule has 0 N–H and O–H groups in total. The molecule has 1 aliphatic rings. The van der Waals surface area contributed by atoms with E-state index in [4.69, 9.17) is 13.3 Å². The van der Waals surface area contributed by atoms with Gasteiger partial charge in [0.1, 0.15) is 0 Å². The predicted octanol–water partition coefficient (Wildman–Crippen LogP) is 4.77. The highest BCUT2D eigenvalue weighted by atomic mass is 28.4. The number of nitrogens with zero attached hydrogens (tertiary/aromatic N) is 2. The molecule has 2 aromatic rings. The molecule has 0 unspecified atom stereocenters. The first-order valence-electron chi connectivity index (χ1n) is 10.9. The molecule has 0 saturated heterocycles. The van der Waals surface area contributed by atoms with Gasteiger partial charge in [-0.2, -0.15) is 0 Å². The van der Waals surface area contributed by atoms with Gasteiger partial charge in [0, 0.05) is 51.1 Å². The average molecular weight is 441 g/mol. The van der Waals surface area contributed by atoms with E-state index >= 15 is 0 Å². The second-order valence-corrected chi connectivity index (χ2v) is 11.6. The predicted molar refractivity (Wildman–Crippen MR) is 130 cm³/mol. The molecule has 1 heterocycles. The second kappa shape index (κ2) is 10.00. The topological polar surface area (TPSA) is 34.2 Å². The standard InChI is InChI=1S/C25H36N2O3Si/c1-19(2)22-10-13-25(24(16-22)20(3)4)27-15-14-26(18-27)17-21-8-11-23(12-9-21)31(28-5,29-6)30-7/h8-16,19-20H,17-18H2,1-7H3. The third-order valence-electron chi connectivity index (χ3n) is 5.94. The van der Waals surface area contributed by atoms with Crippen LogP contribution in [-0.4, -0.2) is 41.7 Å². The minimum absolute atomic E-state index is 0.482. The van der Waals surface area contributed by atoms with Crippen molar-refractivity contribution in [1.82, 2.24) is 4.90 Å². The summed E-state index contributed by atoms with van der Waals surface area (Å²) >= 11 is 0. The Morgan fingerprint density at radius 1 is 0.839 bits per heavy atom. The summed E-state index contributed by atoms with van der Waals surface area (Å²) in [6, 6.07) is 15.3. The van der Waals surface area contributed by atoms with E-state index in [1.165, 1.54) is 22.4 Å². The van der Waals surface area contributed by atoms with E-state index < -0.39 is 8.80 Å². The van der Waals surface area contributed by atoms with E-state index in [9.17, 15) is 0 Å². The molecule has 1 aliphatic heterocycles. The van der Waals surface area contributed by atoms with Crippen LogP contribution in [0.25, 0.3) is 0 Å². The summed E-state index contributed by atoms with van der Waals surface area (Å²) in [5.74, 6) is 1.02. The van der Waals surface area contributed by atoms with Crippen LogP contribution in [0.5, 0.6) is 0 Å². The summed E-state index contributed by atoms with van der Waals surface area (Å²) in [5.41, 5.74) is 5.34. The molecule has 0 atom stereocenters. The number of hydrogen-bond acceptors (Lipinski definition) is 5. The third-order valence-corrected chi connectivity index (χ3v) is 8.59. The van der Waals surface area contributed by atoms with Gasteiger partial charge in [-0.05, 0) is 34.6 Å². The van der Waals surface area contributed by atoms with Crippen molar-refractivity contribution < 1.29 is 13.3 Å². The SMILES string of the molecule is CO[Si](OC)(OC)c1ccc(CN2C=CN(c3ccc(C(C)C)cc3C(C)C)C2)cc1. The first kappa shape index (κ1) is 23.5. The van der Waals surface area contributed by atoms with Crippen LogP contribution in [0.4, 0.5) is 5.69 Å². The smallest absolute Gasteiger partial charge is 0.373 e. The molecule has 0 aliphatic carbocycles. The molecular weight excluding hydrogens is 404 g/mol. The fraction of sp³-hybridized carbons (Fsp3) is 0.440. The monoisotopic (exact) mass is 440 g/mol. The van der Waals surface area contributed by atoms with Crippen molar-refractivity contribution >= 4 is 19.7 Å². The van der Waals surface area contributed by atoms with E-state index in [0.717, 1.165) is 18.4 Å². The molecule has 0 amide bonds. The molecule has 0 aromatic heterocycles. The van der Waals surface area contributed by atoms with Crippen molar-refractivity contribution in [3.05, 3.63) is 71.6 Å². The van der Waals surface area contributed by atoms with E-state index in [1.807, 2.05) is 0 Å². The van der Waals surface area contributed by atoms with Gasteiger partial charge >= 0.3 is 8.80 Å². The van der Waals surface area contributed by atoms with Crippen molar-refractivity contribution in [3.63, 3.8) is 0 Å². The number of hydrogen-bond donors (Lipinski definition) is 0. The molecule has 0 bridgehead atoms. The van der Waals surface area contributed by atoms with Crippen molar-refractivity contribution in [2.45, 2.75) is 46.1 Å². The van der Waals surface area contributed by atoms with Gasteiger partial charge in [-0.3, -0.25) is 0 Å². The lowest BCUT2D eigenvalue weighted by Gasteiger charge is -2.26. The summed E-state index contributed by atoms with van der Waals surface area (Å²) in [5, 5.41) is 0.967. The van der Waals surface area contributed by atoms with Crippen LogP contribution >= 0.6 is 0 Å². The molecule has 0 fully saturated rings. The fourth-order valence-electron chi connectivity index (χ4n) is 4.03. The Labute approximate surface area is 188 Å². The van der Waals surface area contributed by atoms with Crippen molar-refractivity contribution in [2.75, 3.05) is 32.9 Å². The van der Waals surface area contributed by atoms with Gasteiger partial charge < -0.3 is 23.1 Å². The molecule has 5 nitrogen and oxygen atoms in total. The van der Waals surface area contributed by atoms with Crippen molar-refractivity contribution in [3.8, 4) is 0 Å². The summed E-state index contributed by atoms with van der Waals surface area (Å²) in [4.78, 5) is 4.66. The Bertz CT molecular complexity index is 884. The van der Waals surface area contributed by atoms with Crippen LogP contribution in [0, 0.1) is 0 Å². The van der Waals surface area contributed by atoms with E-state index in [0.29, 0.717) is 11.8 Å². The minimum atomic E-state index is -2.78. The highest BCUT2D eigenvalue weighted by Crippen LogP contribution is 2.32.